The molecule has 0 aromatic carbocycles. The maximum absolute atomic E-state index is 12.9. The molecule has 0 saturated heterocycles. The quantitative estimate of drug-likeness (QED) is 0.0261. The van der Waals surface area contributed by atoms with E-state index in [1.165, 1.54) is 244 Å². The molecular formula is C67H124O6. The number of allylic oxidation sites excluding steroid dienone is 6. The second kappa shape index (κ2) is 62.2. The molecule has 0 bridgehead atoms. The third-order valence-electron chi connectivity index (χ3n) is 14.6. The molecule has 0 aliphatic heterocycles. The zero-order valence-electron chi connectivity index (χ0n) is 49.2. The van der Waals surface area contributed by atoms with Crippen molar-refractivity contribution < 1.29 is 28.6 Å². The van der Waals surface area contributed by atoms with Crippen molar-refractivity contribution >= 4 is 17.9 Å². The van der Waals surface area contributed by atoms with E-state index < -0.39 is 6.10 Å². The van der Waals surface area contributed by atoms with Crippen molar-refractivity contribution in [3.05, 3.63) is 36.5 Å². The highest BCUT2D eigenvalue weighted by Gasteiger charge is 2.19. The molecule has 0 saturated carbocycles. The third-order valence-corrected chi connectivity index (χ3v) is 14.6. The Bertz CT molecular complexity index is 1220. The second-order valence-corrected chi connectivity index (χ2v) is 22.0. The number of carbonyl (C=O) groups is 3. The fourth-order valence-electron chi connectivity index (χ4n) is 9.71. The van der Waals surface area contributed by atoms with E-state index in [2.05, 4.69) is 57.2 Å². The fourth-order valence-corrected chi connectivity index (χ4v) is 9.71. The molecule has 1 unspecified atom stereocenters. The Morgan fingerprint density at radius 3 is 0.795 bits per heavy atom. The van der Waals surface area contributed by atoms with Crippen molar-refractivity contribution in [2.45, 2.75) is 361 Å². The lowest BCUT2D eigenvalue weighted by Gasteiger charge is -2.18. The Balaban J connectivity index is 4.31. The molecule has 428 valence electrons. The summed E-state index contributed by atoms with van der Waals surface area (Å²) in [5, 5.41) is 0. The van der Waals surface area contributed by atoms with Crippen molar-refractivity contribution in [1.82, 2.24) is 0 Å². The SMILES string of the molecule is CCCCC/C=C\C/C=C\CCCCCCCCCCCC(=O)OC(COC(=O)CCCCCCC/C=C\CCCCCCCC)COC(=O)CCCCCCCCCCCCCCCCCCCCCCC. The second-order valence-electron chi connectivity index (χ2n) is 22.0. The van der Waals surface area contributed by atoms with Gasteiger partial charge in [0.25, 0.3) is 0 Å². The van der Waals surface area contributed by atoms with Crippen LogP contribution in [0.1, 0.15) is 355 Å². The lowest BCUT2D eigenvalue weighted by Crippen LogP contribution is -2.30. The summed E-state index contributed by atoms with van der Waals surface area (Å²) in [4.78, 5) is 38.3. The van der Waals surface area contributed by atoms with Crippen LogP contribution >= 0.6 is 0 Å². The van der Waals surface area contributed by atoms with E-state index in [-0.39, 0.29) is 31.1 Å². The van der Waals surface area contributed by atoms with Crippen LogP contribution in [-0.2, 0) is 28.6 Å². The average molecular weight is 1030 g/mol. The van der Waals surface area contributed by atoms with Gasteiger partial charge >= 0.3 is 17.9 Å². The molecule has 0 aromatic rings. The molecule has 0 N–H and O–H groups in total. The smallest absolute Gasteiger partial charge is 0.306 e. The first-order valence-electron chi connectivity index (χ1n) is 32.5. The first-order valence-corrected chi connectivity index (χ1v) is 32.5. The standard InChI is InChI=1S/C67H124O6/c1-4-7-10-13-16-19-22-25-28-30-32-33-35-36-39-42-45-48-51-54-57-60-66(69)72-63-64(62-71-65(68)59-56-53-50-47-44-41-38-27-24-21-18-15-12-9-6-3)73-67(70)61-58-55-52-49-46-43-40-37-34-31-29-26-23-20-17-14-11-8-5-2/h17,20,26-27,29,38,64H,4-16,18-19,21-25,28,30-37,39-63H2,1-3H3/b20-17-,29-26-,38-27-. The first kappa shape index (κ1) is 70.6. The summed E-state index contributed by atoms with van der Waals surface area (Å²) in [5.41, 5.74) is 0. The maximum Gasteiger partial charge on any atom is 0.306 e. The third kappa shape index (κ3) is 60.4. The first-order chi connectivity index (χ1) is 36.0. The number of esters is 3. The molecule has 6 heteroatoms. The molecule has 0 amide bonds. The summed E-state index contributed by atoms with van der Waals surface area (Å²) in [5.74, 6) is -0.861. The zero-order valence-corrected chi connectivity index (χ0v) is 49.2. The Morgan fingerprint density at radius 2 is 0.493 bits per heavy atom. The van der Waals surface area contributed by atoms with Crippen LogP contribution in [0.4, 0.5) is 0 Å². The summed E-state index contributed by atoms with van der Waals surface area (Å²) >= 11 is 0. The van der Waals surface area contributed by atoms with Gasteiger partial charge in [-0.15, -0.1) is 0 Å². The summed E-state index contributed by atoms with van der Waals surface area (Å²) < 4.78 is 16.9. The number of hydrogen-bond donors (Lipinski definition) is 0. The number of rotatable bonds is 60. The van der Waals surface area contributed by atoms with E-state index in [0.29, 0.717) is 19.3 Å². The van der Waals surface area contributed by atoms with Crippen LogP contribution in [0.2, 0.25) is 0 Å². The van der Waals surface area contributed by atoms with E-state index >= 15 is 0 Å². The van der Waals surface area contributed by atoms with Crippen LogP contribution in [0.15, 0.2) is 36.5 Å². The van der Waals surface area contributed by atoms with Crippen LogP contribution < -0.4 is 0 Å². The van der Waals surface area contributed by atoms with Gasteiger partial charge in [-0.3, -0.25) is 14.4 Å². The van der Waals surface area contributed by atoms with Gasteiger partial charge in [-0.1, -0.05) is 295 Å². The zero-order chi connectivity index (χ0) is 52.9. The highest BCUT2D eigenvalue weighted by molar-refractivity contribution is 5.71. The van der Waals surface area contributed by atoms with Crippen LogP contribution in [-0.4, -0.2) is 37.2 Å². The van der Waals surface area contributed by atoms with Crippen molar-refractivity contribution in [2.75, 3.05) is 13.2 Å². The number of carbonyl (C=O) groups excluding carboxylic acids is 3. The Hall–Kier alpha value is -2.37. The lowest BCUT2D eigenvalue weighted by atomic mass is 10.0. The van der Waals surface area contributed by atoms with Gasteiger partial charge in [0.05, 0.1) is 0 Å². The highest BCUT2D eigenvalue weighted by atomic mass is 16.6. The van der Waals surface area contributed by atoms with Gasteiger partial charge in [-0.25, -0.2) is 0 Å². The summed E-state index contributed by atoms with van der Waals surface area (Å²) in [6.07, 6.45) is 75.8. The van der Waals surface area contributed by atoms with Gasteiger partial charge in [0, 0.05) is 19.3 Å². The van der Waals surface area contributed by atoms with E-state index in [1.807, 2.05) is 0 Å². The molecule has 0 aliphatic rings. The van der Waals surface area contributed by atoms with Gasteiger partial charge in [0.1, 0.15) is 13.2 Å². The van der Waals surface area contributed by atoms with Gasteiger partial charge < -0.3 is 14.2 Å². The van der Waals surface area contributed by atoms with E-state index in [0.717, 1.165) is 70.6 Å². The fraction of sp³-hybridized carbons (Fsp3) is 0.866. The Morgan fingerprint density at radius 1 is 0.274 bits per heavy atom. The molecule has 73 heavy (non-hydrogen) atoms. The van der Waals surface area contributed by atoms with Gasteiger partial charge in [0.2, 0.25) is 0 Å². The van der Waals surface area contributed by atoms with Crippen LogP contribution in [0.5, 0.6) is 0 Å². The van der Waals surface area contributed by atoms with E-state index in [4.69, 9.17) is 14.2 Å². The molecule has 0 aliphatic carbocycles. The average Bonchev–Trinajstić information content (AvgIpc) is 3.39. The molecule has 0 spiro atoms. The van der Waals surface area contributed by atoms with Crippen LogP contribution in [0.3, 0.4) is 0 Å². The molecular weight excluding hydrogens is 901 g/mol. The largest absolute Gasteiger partial charge is 0.462 e. The number of unbranched alkanes of at least 4 members (excludes halogenated alkanes) is 43. The van der Waals surface area contributed by atoms with E-state index in [1.54, 1.807) is 0 Å². The summed E-state index contributed by atoms with van der Waals surface area (Å²) in [6, 6.07) is 0. The maximum atomic E-state index is 12.9. The monoisotopic (exact) mass is 1020 g/mol. The molecule has 6 nitrogen and oxygen atoms in total. The molecule has 0 heterocycles. The lowest BCUT2D eigenvalue weighted by molar-refractivity contribution is -0.167. The van der Waals surface area contributed by atoms with Gasteiger partial charge in [-0.05, 0) is 77.0 Å². The molecule has 0 rings (SSSR count). The molecule has 1 atom stereocenters. The minimum absolute atomic E-state index is 0.0721. The van der Waals surface area contributed by atoms with Crippen molar-refractivity contribution in [3.8, 4) is 0 Å². The summed E-state index contributed by atoms with van der Waals surface area (Å²) in [6.45, 7) is 6.66. The Kier molecular flexibility index (Phi) is 60.2. The van der Waals surface area contributed by atoms with Gasteiger partial charge in [0.15, 0.2) is 6.10 Å². The topological polar surface area (TPSA) is 78.9 Å². The Labute approximate surface area is 455 Å². The predicted molar refractivity (Wildman–Crippen MR) is 316 cm³/mol. The van der Waals surface area contributed by atoms with Crippen LogP contribution in [0, 0.1) is 0 Å². The van der Waals surface area contributed by atoms with E-state index in [9.17, 15) is 14.4 Å². The number of ether oxygens (including phenoxy) is 3. The minimum Gasteiger partial charge on any atom is -0.462 e. The minimum atomic E-state index is -0.776. The highest BCUT2D eigenvalue weighted by Crippen LogP contribution is 2.18. The normalized spacial score (nSPS) is 12.2. The van der Waals surface area contributed by atoms with Crippen molar-refractivity contribution in [3.63, 3.8) is 0 Å². The predicted octanol–water partition coefficient (Wildman–Crippen LogP) is 22.0. The molecule has 0 aromatic heterocycles. The molecule has 0 radical (unpaired) electrons. The van der Waals surface area contributed by atoms with Crippen molar-refractivity contribution in [1.29, 1.82) is 0 Å². The van der Waals surface area contributed by atoms with Crippen molar-refractivity contribution in [2.24, 2.45) is 0 Å². The summed E-state index contributed by atoms with van der Waals surface area (Å²) in [7, 11) is 0. The molecule has 0 fully saturated rings. The van der Waals surface area contributed by atoms with Crippen LogP contribution in [0.25, 0.3) is 0 Å². The number of hydrogen-bond acceptors (Lipinski definition) is 6. The van der Waals surface area contributed by atoms with Gasteiger partial charge in [-0.2, -0.15) is 0 Å².